The number of sulfonamides is 1. The molecule has 1 unspecified atom stereocenters. The van der Waals surface area contributed by atoms with Gasteiger partial charge >= 0.3 is 0 Å². The molecule has 0 aromatic heterocycles. The van der Waals surface area contributed by atoms with Crippen molar-refractivity contribution in [3.63, 3.8) is 0 Å². The number of hydrogen-bond donors (Lipinski definition) is 1. The molecule has 1 atom stereocenters. The number of likely N-dealkylation sites (tertiary alicyclic amines) is 1. The third kappa shape index (κ3) is 4.72. The van der Waals surface area contributed by atoms with Crippen molar-refractivity contribution in [1.29, 1.82) is 0 Å². The Labute approximate surface area is 157 Å². The molecule has 1 aliphatic heterocycles. The van der Waals surface area contributed by atoms with E-state index in [0.717, 1.165) is 24.2 Å². The first-order valence-electron chi connectivity index (χ1n) is 9.28. The zero-order valence-electron chi connectivity index (χ0n) is 15.6. The molecule has 0 amide bonds. The summed E-state index contributed by atoms with van der Waals surface area (Å²) in [4.78, 5) is 2.40. The Hall–Kier alpha value is -1.69. The van der Waals surface area contributed by atoms with Gasteiger partial charge in [0.1, 0.15) is 0 Å². The second-order valence-electron chi connectivity index (χ2n) is 7.15. The maximum Gasteiger partial charge on any atom is 0.215 e. The molecular weight excluding hydrogens is 344 g/mol. The lowest BCUT2D eigenvalue weighted by molar-refractivity contribution is 0.246. The summed E-state index contributed by atoms with van der Waals surface area (Å²) in [6.45, 7) is 6.52. The van der Waals surface area contributed by atoms with Crippen molar-refractivity contribution in [3.05, 3.63) is 70.8 Å². The van der Waals surface area contributed by atoms with E-state index in [1.807, 2.05) is 43.3 Å². The fourth-order valence-corrected chi connectivity index (χ4v) is 4.93. The summed E-state index contributed by atoms with van der Waals surface area (Å²) in [5, 5.41) is 0. The molecule has 5 heteroatoms. The van der Waals surface area contributed by atoms with E-state index >= 15 is 0 Å². The van der Waals surface area contributed by atoms with Gasteiger partial charge in [-0.25, -0.2) is 13.1 Å². The van der Waals surface area contributed by atoms with Gasteiger partial charge in [-0.3, -0.25) is 4.90 Å². The highest BCUT2D eigenvalue weighted by molar-refractivity contribution is 7.88. The molecule has 0 radical (unpaired) electrons. The Morgan fingerprint density at radius 1 is 0.962 bits per heavy atom. The van der Waals surface area contributed by atoms with Crippen molar-refractivity contribution in [2.45, 2.75) is 38.5 Å². The molecule has 1 saturated heterocycles. The summed E-state index contributed by atoms with van der Waals surface area (Å²) in [5.74, 6) is 0.0279. The van der Waals surface area contributed by atoms with Crippen LogP contribution in [0.1, 0.15) is 41.1 Å². The summed E-state index contributed by atoms with van der Waals surface area (Å²) in [6.07, 6.45) is 2.36. The quantitative estimate of drug-likeness (QED) is 0.808. The van der Waals surface area contributed by atoms with E-state index in [2.05, 4.69) is 28.7 Å². The summed E-state index contributed by atoms with van der Waals surface area (Å²) < 4.78 is 28.2. The summed E-state index contributed by atoms with van der Waals surface area (Å²) in [7, 11) is -3.38. The van der Waals surface area contributed by atoms with Crippen LogP contribution < -0.4 is 4.72 Å². The predicted molar refractivity (Wildman–Crippen MR) is 107 cm³/mol. The highest BCUT2D eigenvalue weighted by Crippen LogP contribution is 2.27. The zero-order chi connectivity index (χ0) is 18.6. The van der Waals surface area contributed by atoms with E-state index < -0.39 is 10.0 Å². The first-order chi connectivity index (χ1) is 12.5. The van der Waals surface area contributed by atoms with Gasteiger partial charge in [-0.15, -0.1) is 0 Å². The molecule has 0 saturated carbocycles. The van der Waals surface area contributed by atoms with Crippen LogP contribution >= 0.6 is 0 Å². The minimum Gasteiger partial charge on any atom is -0.295 e. The first kappa shape index (κ1) is 19.1. The minimum absolute atomic E-state index is 0.0279. The van der Waals surface area contributed by atoms with Crippen molar-refractivity contribution in [1.82, 2.24) is 9.62 Å². The molecule has 0 bridgehead atoms. The van der Waals surface area contributed by atoms with Crippen molar-refractivity contribution >= 4 is 10.0 Å². The van der Waals surface area contributed by atoms with Crippen molar-refractivity contribution in [2.24, 2.45) is 0 Å². The largest absolute Gasteiger partial charge is 0.295 e. The minimum atomic E-state index is -3.38. The lowest BCUT2D eigenvalue weighted by Gasteiger charge is -2.29. The van der Waals surface area contributed by atoms with Crippen LogP contribution in [0.5, 0.6) is 0 Å². The molecule has 2 aromatic carbocycles. The van der Waals surface area contributed by atoms with Gasteiger partial charge in [0, 0.05) is 12.6 Å². The van der Waals surface area contributed by atoms with Gasteiger partial charge in [-0.2, -0.15) is 0 Å². The number of rotatable bonds is 7. The topological polar surface area (TPSA) is 49.4 Å². The van der Waals surface area contributed by atoms with Crippen LogP contribution in [0.2, 0.25) is 0 Å². The Morgan fingerprint density at radius 2 is 1.58 bits per heavy atom. The molecular formula is C21H28N2O2S. The second kappa shape index (κ2) is 8.33. The molecule has 4 nitrogen and oxygen atoms in total. The highest BCUT2D eigenvalue weighted by atomic mass is 32.2. The van der Waals surface area contributed by atoms with Crippen LogP contribution in [0.4, 0.5) is 0 Å². The van der Waals surface area contributed by atoms with E-state index in [1.165, 1.54) is 24.0 Å². The monoisotopic (exact) mass is 372 g/mol. The number of nitrogens with one attached hydrogen (secondary N) is 1. The number of aryl methyl sites for hydroxylation is 2. The third-order valence-electron chi connectivity index (χ3n) is 5.23. The number of nitrogens with zero attached hydrogens (tertiary/aromatic N) is 1. The summed E-state index contributed by atoms with van der Waals surface area (Å²) in [6, 6.07) is 16.0. The van der Waals surface area contributed by atoms with Crippen LogP contribution in [0.15, 0.2) is 48.5 Å². The third-order valence-corrected chi connectivity index (χ3v) is 6.53. The fraction of sp³-hybridized carbons (Fsp3) is 0.429. The molecule has 1 aliphatic rings. The van der Waals surface area contributed by atoms with Gasteiger partial charge in [0.05, 0.1) is 5.75 Å². The molecule has 2 aromatic rings. The van der Waals surface area contributed by atoms with Gasteiger partial charge in [0.2, 0.25) is 10.0 Å². The predicted octanol–water partition coefficient (Wildman–Crippen LogP) is 3.56. The lowest BCUT2D eigenvalue weighted by atomic mass is 10.0. The average Bonchev–Trinajstić information content (AvgIpc) is 3.13. The Morgan fingerprint density at radius 3 is 2.23 bits per heavy atom. The molecule has 3 rings (SSSR count). The Bertz CT molecular complexity index is 843. The van der Waals surface area contributed by atoms with E-state index in [4.69, 9.17) is 0 Å². The molecule has 0 aliphatic carbocycles. The maximum absolute atomic E-state index is 12.7. The Kier molecular flexibility index (Phi) is 6.12. The van der Waals surface area contributed by atoms with Crippen LogP contribution in [0, 0.1) is 13.8 Å². The van der Waals surface area contributed by atoms with Crippen LogP contribution in [-0.2, 0) is 15.8 Å². The van der Waals surface area contributed by atoms with Gasteiger partial charge in [0.15, 0.2) is 0 Å². The molecule has 1 N–H and O–H groups in total. The number of hydrogen-bond acceptors (Lipinski definition) is 3. The van der Waals surface area contributed by atoms with Crippen molar-refractivity contribution < 1.29 is 8.42 Å². The van der Waals surface area contributed by atoms with Gasteiger partial charge < -0.3 is 0 Å². The summed E-state index contributed by atoms with van der Waals surface area (Å²) in [5.41, 5.74) is 4.29. The normalized spacial score (nSPS) is 16.7. The van der Waals surface area contributed by atoms with Crippen LogP contribution in [0.3, 0.4) is 0 Å². The summed E-state index contributed by atoms with van der Waals surface area (Å²) >= 11 is 0. The van der Waals surface area contributed by atoms with Gasteiger partial charge in [-0.05, 0) is 62.0 Å². The molecule has 26 heavy (non-hydrogen) atoms. The SMILES string of the molecule is Cc1ccccc1CS(=O)(=O)NCC(c1ccccc1C)N1CCCC1. The van der Waals surface area contributed by atoms with Crippen molar-refractivity contribution in [3.8, 4) is 0 Å². The fourth-order valence-electron chi connectivity index (χ4n) is 3.68. The standard InChI is InChI=1S/C21H28N2O2S/c1-17-9-3-5-11-19(17)16-26(24,25)22-15-21(23-13-7-8-14-23)20-12-6-4-10-18(20)2/h3-6,9-12,21-22H,7-8,13-16H2,1-2H3. The average molecular weight is 373 g/mol. The van der Waals surface area contributed by atoms with Crippen molar-refractivity contribution in [2.75, 3.05) is 19.6 Å². The number of benzene rings is 2. The smallest absolute Gasteiger partial charge is 0.215 e. The first-order valence-corrected chi connectivity index (χ1v) is 10.9. The van der Waals surface area contributed by atoms with Crippen LogP contribution in [0.25, 0.3) is 0 Å². The van der Waals surface area contributed by atoms with E-state index in [1.54, 1.807) is 0 Å². The molecule has 0 spiro atoms. The van der Waals surface area contributed by atoms with E-state index in [-0.39, 0.29) is 11.8 Å². The van der Waals surface area contributed by atoms with E-state index in [9.17, 15) is 8.42 Å². The molecule has 1 heterocycles. The van der Waals surface area contributed by atoms with E-state index in [0.29, 0.717) is 6.54 Å². The van der Waals surface area contributed by atoms with Gasteiger partial charge in [0.25, 0.3) is 0 Å². The zero-order valence-corrected chi connectivity index (χ0v) is 16.4. The lowest BCUT2D eigenvalue weighted by Crippen LogP contribution is -2.37. The van der Waals surface area contributed by atoms with Gasteiger partial charge in [-0.1, -0.05) is 48.5 Å². The highest BCUT2D eigenvalue weighted by Gasteiger charge is 2.26. The Balaban J connectivity index is 1.75. The van der Waals surface area contributed by atoms with Crippen LogP contribution in [-0.4, -0.2) is 33.0 Å². The molecule has 140 valence electrons. The maximum atomic E-state index is 12.7. The second-order valence-corrected chi connectivity index (χ2v) is 8.96. The molecule has 1 fully saturated rings.